The molecule has 0 aliphatic rings. The van der Waals surface area contributed by atoms with Crippen molar-refractivity contribution in [3.05, 3.63) is 23.1 Å². The summed E-state index contributed by atoms with van der Waals surface area (Å²) in [5.41, 5.74) is 2.05. The van der Waals surface area contributed by atoms with Crippen LogP contribution in [0.4, 0.5) is 0 Å². The Labute approximate surface area is 91.5 Å². The molecule has 84 valence electrons. The van der Waals surface area contributed by atoms with Crippen molar-refractivity contribution in [2.45, 2.75) is 40.2 Å². The first-order valence-corrected chi connectivity index (χ1v) is 5.49. The van der Waals surface area contributed by atoms with E-state index >= 15 is 0 Å². The molecular formula is C12H20N2O. The second-order valence-corrected chi connectivity index (χ2v) is 3.84. The van der Waals surface area contributed by atoms with Gasteiger partial charge < -0.3 is 9.84 Å². The van der Waals surface area contributed by atoms with Crippen LogP contribution >= 0.6 is 0 Å². The SMILES string of the molecule is CCCNC(C)/C=C/c1c(C)noc1C. The highest BCUT2D eigenvalue weighted by Gasteiger charge is 2.05. The zero-order valence-electron chi connectivity index (χ0n) is 10.0. The molecule has 0 saturated heterocycles. The molecule has 3 nitrogen and oxygen atoms in total. The van der Waals surface area contributed by atoms with Crippen molar-refractivity contribution in [2.75, 3.05) is 6.54 Å². The van der Waals surface area contributed by atoms with Crippen LogP contribution in [0.15, 0.2) is 10.6 Å². The van der Waals surface area contributed by atoms with Crippen molar-refractivity contribution < 1.29 is 4.52 Å². The van der Waals surface area contributed by atoms with Gasteiger partial charge in [0.05, 0.1) is 5.69 Å². The fourth-order valence-electron chi connectivity index (χ4n) is 1.41. The van der Waals surface area contributed by atoms with Crippen molar-refractivity contribution in [1.82, 2.24) is 10.5 Å². The van der Waals surface area contributed by atoms with Gasteiger partial charge in [-0.15, -0.1) is 0 Å². The summed E-state index contributed by atoms with van der Waals surface area (Å²) in [5.74, 6) is 0.881. The van der Waals surface area contributed by atoms with E-state index in [9.17, 15) is 0 Å². The molecule has 1 unspecified atom stereocenters. The van der Waals surface area contributed by atoms with E-state index in [-0.39, 0.29) is 0 Å². The minimum Gasteiger partial charge on any atom is -0.361 e. The molecule has 0 radical (unpaired) electrons. The van der Waals surface area contributed by atoms with Crippen LogP contribution in [0.5, 0.6) is 0 Å². The van der Waals surface area contributed by atoms with Crippen LogP contribution in [0, 0.1) is 13.8 Å². The first kappa shape index (κ1) is 12.0. The van der Waals surface area contributed by atoms with E-state index in [0.29, 0.717) is 6.04 Å². The van der Waals surface area contributed by atoms with Crippen molar-refractivity contribution in [3.8, 4) is 0 Å². The highest BCUT2D eigenvalue weighted by molar-refractivity contribution is 5.53. The van der Waals surface area contributed by atoms with Gasteiger partial charge in [-0.2, -0.15) is 0 Å². The number of hydrogen-bond acceptors (Lipinski definition) is 3. The van der Waals surface area contributed by atoms with E-state index in [0.717, 1.165) is 30.0 Å². The number of rotatable bonds is 5. The maximum atomic E-state index is 5.09. The monoisotopic (exact) mass is 208 g/mol. The summed E-state index contributed by atoms with van der Waals surface area (Å²) >= 11 is 0. The van der Waals surface area contributed by atoms with Gasteiger partial charge in [0.1, 0.15) is 5.76 Å². The molecule has 1 aromatic heterocycles. The van der Waals surface area contributed by atoms with Crippen molar-refractivity contribution in [3.63, 3.8) is 0 Å². The van der Waals surface area contributed by atoms with Gasteiger partial charge in [0.2, 0.25) is 0 Å². The molecule has 0 aliphatic heterocycles. The first-order chi connectivity index (χ1) is 7.15. The molecule has 1 rings (SSSR count). The van der Waals surface area contributed by atoms with Crippen LogP contribution in [0.25, 0.3) is 6.08 Å². The molecule has 0 aromatic carbocycles. The second kappa shape index (κ2) is 5.71. The largest absolute Gasteiger partial charge is 0.361 e. The first-order valence-electron chi connectivity index (χ1n) is 5.49. The molecule has 15 heavy (non-hydrogen) atoms. The number of nitrogens with zero attached hydrogens (tertiary/aromatic N) is 1. The molecular weight excluding hydrogens is 188 g/mol. The third kappa shape index (κ3) is 3.51. The molecule has 0 bridgehead atoms. The van der Waals surface area contributed by atoms with Gasteiger partial charge in [-0.25, -0.2) is 0 Å². The Morgan fingerprint density at radius 2 is 2.20 bits per heavy atom. The van der Waals surface area contributed by atoms with Crippen LogP contribution in [0.1, 0.15) is 37.3 Å². The summed E-state index contributed by atoms with van der Waals surface area (Å²) in [6.45, 7) is 9.25. The van der Waals surface area contributed by atoms with Gasteiger partial charge in [0, 0.05) is 11.6 Å². The summed E-state index contributed by atoms with van der Waals surface area (Å²) in [4.78, 5) is 0. The zero-order chi connectivity index (χ0) is 11.3. The molecule has 0 aliphatic carbocycles. The third-order valence-electron chi connectivity index (χ3n) is 2.36. The Balaban J connectivity index is 2.57. The van der Waals surface area contributed by atoms with Gasteiger partial charge in [0.25, 0.3) is 0 Å². The van der Waals surface area contributed by atoms with Gasteiger partial charge in [-0.1, -0.05) is 24.2 Å². The quantitative estimate of drug-likeness (QED) is 0.808. The standard InChI is InChI=1S/C12H20N2O/c1-5-8-13-9(2)6-7-12-10(3)14-15-11(12)4/h6-7,9,13H,5,8H2,1-4H3/b7-6+. The predicted molar refractivity (Wildman–Crippen MR) is 62.8 cm³/mol. The van der Waals surface area contributed by atoms with Crippen molar-refractivity contribution in [2.24, 2.45) is 0 Å². The molecule has 0 spiro atoms. The van der Waals surface area contributed by atoms with Crippen LogP contribution in [-0.2, 0) is 0 Å². The fraction of sp³-hybridized carbons (Fsp3) is 0.583. The number of aromatic nitrogens is 1. The lowest BCUT2D eigenvalue weighted by atomic mass is 10.1. The molecule has 0 amide bonds. The predicted octanol–water partition coefficient (Wildman–Crippen LogP) is 2.69. The van der Waals surface area contributed by atoms with Crippen LogP contribution in [0.2, 0.25) is 0 Å². The maximum Gasteiger partial charge on any atom is 0.141 e. The summed E-state index contributed by atoms with van der Waals surface area (Å²) in [5, 5.41) is 7.31. The Hall–Kier alpha value is -1.09. The molecule has 1 aromatic rings. The van der Waals surface area contributed by atoms with Crippen LogP contribution in [0.3, 0.4) is 0 Å². The molecule has 0 fully saturated rings. The van der Waals surface area contributed by atoms with Crippen LogP contribution < -0.4 is 5.32 Å². The minimum absolute atomic E-state index is 0.388. The van der Waals surface area contributed by atoms with Gasteiger partial charge >= 0.3 is 0 Å². The lowest BCUT2D eigenvalue weighted by molar-refractivity contribution is 0.393. The number of nitrogens with one attached hydrogen (secondary N) is 1. The number of hydrogen-bond donors (Lipinski definition) is 1. The summed E-state index contributed by atoms with van der Waals surface area (Å²) in [6, 6.07) is 0.388. The van der Waals surface area contributed by atoms with Crippen LogP contribution in [-0.4, -0.2) is 17.7 Å². The van der Waals surface area contributed by atoms with E-state index in [4.69, 9.17) is 4.52 Å². The van der Waals surface area contributed by atoms with E-state index in [2.05, 4.69) is 36.5 Å². The maximum absolute atomic E-state index is 5.09. The minimum atomic E-state index is 0.388. The van der Waals surface area contributed by atoms with Gasteiger partial charge in [-0.3, -0.25) is 0 Å². The molecule has 1 N–H and O–H groups in total. The zero-order valence-corrected chi connectivity index (χ0v) is 10.0. The Morgan fingerprint density at radius 3 is 2.73 bits per heavy atom. The summed E-state index contributed by atoms with van der Waals surface area (Å²) < 4.78 is 5.09. The average molecular weight is 208 g/mol. The van der Waals surface area contributed by atoms with Crippen molar-refractivity contribution >= 4 is 6.08 Å². The normalized spacial score (nSPS) is 13.6. The average Bonchev–Trinajstić information content (AvgIpc) is 2.53. The van der Waals surface area contributed by atoms with Gasteiger partial charge in [0.15, 0.2) is 0 Å². The van der Waals surface area contributed by atoms with E-state index in [1.54, 1.807) is 0 Å². The molecule has 1 heterocycles. The lowest BCUT2D eigenvalue weighted by Crippen LogP contribution is -2.24. The topological polar surface area (TPSA) is 38.1 Å². The fourth-order valence-corrected chi connectivity index (χ4v) is 1.41. The van der Waals surface area contributed by atoms with Crippen molar-refractivity contribution in [1.29, 1.82) is 0 Å². The summed E-state index contributed by atoms with van der Waals surface area (Å²) in [6.07, 6.45) is 5.38. The Morgan fingerprint density at radius 1 is 1.47 bits per heavy atom. The summed E-state index contributed by atoms with van der Waals surface area (Å²) in [7, 11) is 0. The molecule has 0 saturated carbocycles. The van der Waals surface area contributed by atoms with E-state index in [1.807, 2.05) is 13.8 Å². The highest BCUT2D eigenvalue weighted by atomic mass is 16.5. The Bertz CT molecular complexity index is 309. The number of aryl methyl sites for hydroxylation is 2. The smallest absolute Gasteiger partial charge is 0.141 e. The Kier molecular flexibility index (Phi) is 4.56. The van der Waals surface area contributed by atoms with E-state index < -0.39 is 0 Å². The third-order valence-corrected chi connectivity index (χ3v) is 2.36. The molecule has 3 heteroatoms. The lowest BCUT2D eigenvalue weighted by Gasteiger charge is -2.07. The van der Waals surface area contributed by atoms with E-state index in [1.165, 1.54) is 0 Å². The van der Waals surface area contributed by atoms with Gasteiger partial charge in [-0.05, 0) is 33.7 Å². The molecule has 1 atom stereocenters. The second-order valence-electron chi connectivity index (χ2n) is 3.84. The highest BCUT2D eigenvalue weighted by Crippen LogP contribution is 2.14.